The Morgan fingerprint density at radius 2 is 2.03 bits per heavy atom. The van der Waals surface area contributed by atoms with E-state index >= 15 is 4.39 Å². The summed E-state index contributed by atoms with van der Waals surface area (Å²) >= 11 is 0. The van der Waals surface area contributed by atoms with Crippen molar-refractivity contribution in [1.82, 2.24) is 24.6 Å². The van der Waals surface area contributed by atoms with E-state index in [-0.39, 0.29) is 47.9 Å². The maximum atomic E-state index is 15.8. The number of methoxy groups -OCH3 is 1. The SMILES string of the molecule is COc1nc(N)nc2c1ncn2C1OC(CO[P@@](=O)(N[C@@H](C)C(=O)OC(C)C)Oc2ccccc2)C[C@@]1(C)F. The first-order valence-corrected chi connectivity index (χ1v) is 13.8. The Labute approximate surface area is 224 Å². The zero-order valence-corrected chi connectivity index (χ0v) is 23.1. The summed E-state index contributed by atoms with van der Waals surface area (Å²) in [4.78, 5) is 24.7. The molecule has 0 spiro atoms. The highest BCUT2D eigenvalue weighted by Gasteiger charge is 2.48. The Bertz CT molecular complexity index is 1360. The van der Waals surface area contributed by atoms with Crippen molar-refractivity contribution in [2.75, 3.05) is 19.5 Å². The van der Waals surface area contributed by atoms with Crippen LogP contribution in [0.5, 0.6) is 11.6 Å². The van der Waals surface area contributed by atoms with Crippen molar-refractivity contribution >= 4 is 30.8 Å². The van der Waals surface area contributed by atoms with Gasteiger partial charge in [-0.3, -0.25) is 13.9 Å². The summed E-state index contributed by atoms with van der Waals surface area (Å²) in [7, 11) is -2.74. The van der Waals surface area contributed by atoms with Gasteiger partial charge in [0.1, 0.15) is 11.8 Å². The van der Waals surface area contributed by atoms with Crippen LogP contribution in [-0.2, 0) is 23.4 Å². The lowest BCUT2D eigenvalue weighted by Crippen LogP contribution is -2.36. The van der Waals surface area contributed by atoms with Gasteiger partial charge in [0.2, 0.25) is 11.8 Å². The Morgan fingerprint density at radius 1 is 1.31 bits per heavy atom. The van der Waals surface area contributed by atoms with Crippen LogP contribution in [-0.4, -0.2) is 63.1 Å². The second kappa shape index (κ2) is 11.4. The van der Waals surface area contributed by atoms with E-state index in [1.54, 1.807) is 44.2 Å². The predicted molar refractivity (Wildman–Crippen MR) is 139 cm³/mol. The van der Waals surface area contributed by atoms with Gasteiger partial charge < -0.3 is 24.5 Å². The third-order valence-corrected chi connectivity index (χ3v) is 7.42. The molecular formula is C24H32FN6O7P. The number of anilines is 1. The van der Waals surface area contributed by atoms with Crippen LogP contribution in [0, 0.1) is 0 Å². The lowest BCUT2D eigenvalue weighted by molar-refractivity contribution is -0.149. The van der Waals surface area contributed by atoms with Gasteiger partial charge in [-0.25, -0.2) is 13.9 Å². The molecule has 2 aromatic heterocycles. The number of imidazole rings is 1. The summed E-state index contributed by atoms with van der Waals surface area (Å²) in [6.45, 7) is 5.92. The van der Waals surface area contributed by atoms with Crippen LogP contribution in [0.2, 0.25) is 0 Å². The number of alkyl halides is 1. The molecule has 3 heterocycles. The largest absolute Gasteiger partial charge is 0.479 e. The van der Waals surface area contributed by atoms with Gasteiger partial charge in [-0.05, 0) is 39.8 Å². The number of rotatable bonds is 11. The molecule has 15 heteroatoms. The molecule has 5 atom stereocenters. The zero-order valence-electron chi connectivity index (χ0n) is 22.2. The summed E-state index contributed by atoms with van der Waals surface area (Å²) in [5, 5.41) is 2.60. The van der Waals surface area contributed by atoms with Crippen molar-refractivity contribution in [1.29, 1.82) is 0 Å². The summed E-state index contributed by atoms with van der Waals surface area (Å²) in [5.41, 5.74) is 4.42. The molecule has 1 saturated heterocycles. The lowest BCUT2D eigenvalue weighted by Gasteiger charge is -2.24. The minimum absolute atomic E-state index is 0.0743. The Morgan fingerprint density at radius 3 is 2.69 bits per heavy atom. The number of para-hydroxylation sites is 1. The van der Waals surface area contributed by atoms with Crippen LogP contribution >= 0.6 is 7.75 Å². The van der Waals surface area contributed by atoms with E-state index in [1.807, 2.05) is 0 Å². The standard InChI is InChI=1S/C24H32FN6O7P/c1-14(2)36-21(32)15(3)30-39(33,38-16-9-7-6-8-10-16)35-12-17-11-24(4,25)22(37-17)31-13-27-18-19(31)28-23(26)29-20(18)34-5/h6-10,13-15,17,22H,11-12H2,1-5H3,(H,30,33)(H2,26,28,29)/t15-,17?,22?,24+,39-/m0/s1. The number of fused-ring (bicyclic) bond motifs is 1. The fourth-order valence-electron chi connectivity index (χ4n) is 4.11. The fourth-order valence-corrected chi connectivity index (χ4v) is 5.63. The normalized spacial score (nSPS) is 23.5. The van der Waals surface area contributed by atoms with Crippen LogP contribution < -0.4 is 20.1 Å². The number of aromatic nitrogens is 4. The fraction of sp³-hybridized carbons (Fsp3) is 0.500. The van der Waals surface area contributed by atoms with Gasteiger partial charge in [0.25, 0.3) is 0 Å². The summed E-state index contributed by atoms with van der Waals surface area (Å²) < 4.78 is 58.6. The summed E-state index contributed by atoms with van der Waals surface area (Å²) in [6.07, 6.45) is -1.11. The number of ether oxygens (including phenoxy) is 3. The van der Waals surface area contributed by atoms with Crippen molar-refractivity contribution in [2.24, 2.45) is 0 Å². The monoisotopic (exact) mass is 566 g/mol. The number of esters is 1. The zero-order chi connectivity index (χ0) is 28.4. The summed E-state index contributed by atoms with van der Waals surface area (Å²) in [5.74, 6) is -0.323. The van der Waals surface area contributed by atoms with Gasteiger partial charge in [-0.15, -0.1) is 0 Å². The number of nitrogens with zero attached hydrogens (tertiary/aromatic N) is 4. The predicted octanol–water partition coefficient (Wildman–Crippen LogP) is 3.57. The molecule has 1 aliphatic rings. The van der Waals surface area contributed by atoms with Gasteiger partial charge in [-0.2, -0.15) is 15.1 Å². The third kappa shape index (κ3) is 6.64. The molecule has 1 fully saturated rings. The molecular weight excluding hydrogens is 534 g/mol. The smallest absolute Gasteiger partial charge is 0.459 e. The van der Waals surface area contributed by atoms with E-state index < -0.39 is 37.8 Å². The Kier molecular flexibility index (Phi) is 8.40. The van der Waals surface area contributed by atoms with Gasteiger partial charge in [0, 0.05) is 6.42 Å². The highest BCUT2D eigenvalue weighted by molar-refractivity contribution is 7.52. The van der Waals surface area contributed by atoms with Crippen molar-refractivity contribution in [3.8, 4) is 11.6 Å². The first-order chi connectivity index (χ1) is 18.4. The Hall–Kier alpha value is -3.32. The molecule has 0 aliphatic carbocycles. The van der Waals surface area contributed by atoms with Crippen molar-refractivity contribution < 1.29 is 37.0 Å². The molecule has 4 rings (SSSR count). The Balaban J connectivity index is 1.52. The molecule has 0 radical (unpaired) electrons. The molecule has 39 heavy (non-hydrogen) atoms. The highest BCUT2D eigenvalue weighted by atomic mass is 31.2. The minimum Gasteiger partial charge on any atom is -0.479 e. The average molecular weight is 567 g/mol. The van der Waals surface area contributed by atoms with Crippen LogP contribution in [0.15, 0.2) is 36.7 Å². The minimum atomic E-state index is -4.15. The van der Waals surface area contributed by atoms with E-state index in [0.717, 1.165) is 0 Å². The van der Waals surface area contributed by atoms with E-state index in [1.165, 1.54) is 31.9 Å². The molecule has 13 nitrogen and oxygen atoms in total. The highest BCUT2D eigenvalue weighted by Crippen LogP contribution is 2.48. The van der Waals surface area contributed by atoms with E-state index in [4.69, 9.17) is 29.0 Å². The first kappa shape index (κ1) is 28.7. The molecule has 0 bridgehead atoms. The van der Waals surface area contributed by atoms with E-state index in [0.29, 0.717) is 0 Å². The van der Waals surface area contributed by atoms with Gasteiger partial charge in [-0.1, -0.05) is 18.2 Å². The second-order valence-corrected chi connectivity index (χ2v) is 11.2. The number of carbonyl (C=O) groups is 1. The average Bonchev–Trinajstić information content (AvgIpc) is 3.41. The number of nitrogens with one attached hydrogen (secondary N) is 1. The second-order valence-electron chi connectivity index (χ2n) is 9.54. The quantitative estimate of drug-likeness (QED) is 0.257. The van der Waals surface area contributed by atoms with Crippen LogP contribution in [0.1, 0.15) is 40.3 Å². The third-order valence-electron chi connectivity index (χ3n) is 5.77. The van der Waals surface area contributed by atoms with Crippen molar-refractivity contribution in [3.05, 3.63) is 36.7 Å². The molecule has 3 aromatic rings. The first-order valence-electron chi connectivity index (χ1n) is 12.3. The molecule has 0 amide bonds. The van der Waals surface area contributed by atoms with Crippen LogP contribution in [0.4, 0.5) is 10.3 Å². The van der Waals surface area contributed by atoms with Gasteiger partial charge >= 0.3 is 13.7 Å². The maximum absolute atomic E-state index is 15.8. The molecule has 1 aromatic carbocycles. The molecule has 212 valence electrons. The topological polar surface area (TPSA) is 162 Å². The summed E-state index contributed by atoms with van der Waals surface area (Å²) in [6, 6.07) is 7.29. The molecule has 1 aliphatic heterocycles. The van der Waals surface area contributed by atoms with Crippen LogP contribution in [0.25, 0.3) is 11.2 Å². The number of nitrogens with two attached hydrogens (primary N) is 1. The molecule has 2 unspecified atom stereocenters. The number of halogens is 1. The van der Waals surface area contributed by atoms with E-state index in [9.17, 15) is 9.36 Å². The number of hydrogen-bond acceptors (Lipinski definition) is 11. The van der Waals surface area contributed by atoms with E-state index in [2.05, 4.69) is 20.0 Å². The van der Waals surface area contributed by atoms with Gasteiger partial charge in [0.05, 0.1) is 32.3 Å². The molecule has 3 N–H and O–H groups in total. The number of benzene rings is 1. The number of hydrogen-bond donors (Lipinski definition) is 2. The lowest BCUT2D eigenvalue weighted by atomic mass is 10.0. The molecule has 0 saturated carbocycles. The maximum Gasteiger partial charge on any atom is 0.459 e. The van der Waals surface area contributed by atoms with Gasteiger partial charge in [0.15, 0.2) is 23.1 Å². The van der Waals surface area contributed by atoms with Crippen molar-refractivity contribution in [2.45, 2.75) is 64.3 Å². The number of nitrogen functional groups attached to an aromatic ring is 1. The van der Waals surface area contributed by atoms with Crippen molar-refractivity contribution in [3.63, 3.8) is 0 Å². The number of carbonyl (C=O) groups excluding carboxylic acids is 1. The van der Waals surface area contributed by atoms with Crippen LogP contribution in [0.3, 0.4) is 0 Å².